The summed E-state index contributed by atoms with van der Waals surface area (Å²) < 4.78 is 0. The highest BCUT2D eigenvalue weighted by molar-refractivity contribution is 6.30. The van der Waals surface area contributed by atoms with E-state index in [1.54, 1.807) is 12.3 Å². The van der Waals surface area contributed by atoms with Crippen molar-refractivity contribution < 1.29 is 4.79 Å². The van der Waals surface area contributed by atoms with Crippen molar-refractivity contribution in [2.75, 3.05) is 10.6 Å². The van der Waals surface area contributed by atoms with Gasteiger partial charge in [0.25, 0.3) is 0 Å². The van der Waals surface area contributed by atoms with Crippen molar-refractivity contribution in [2.24, 2.45) is 0 Å². The van der Waals surface area contributed by atoms with Gasteiger partial charge in [-0.1, -0.05) is 41.4 Å². The fraction of sp³-hybridized carbons (Fsp3) is 0.100. The smallest absolute Gasteiger partial charge is 0.229 e. The summed E-state index contributed by atoms with van der Waals surface area (Å²) in [5, 5.41) is 6.72. The molecule has 0 saturated carbocycles. The molecule has 0 atom stereocenters. The Balaban J connectivity index is 1.57. The predicted octanol–water partition coefficient (Wildman–Crippen LogP) is 4.97. The van der Waals surface area contributed by atoms with Crippen LogP contribution in [0.3, 0.4) is 0 Å². The number of hydrogen-bond acceptors (Lipinski definition) is 3. The van der Waals surface area contributed by atoms with Crippen molar-refractivity contribution in [1.82, 2.24) is 4.98 Å². The molecule has 0 bridgehead atoms. The van der Waals surface area contributed by atoms with Gasteiger partial charge in [-0.2, -0.15) is 0 Å². The number of halogens is 1. The van der Waals surface area contributed by atoms with Gasteiger partial charge >= 0.3 is 0 Å². The van der Waals surface area contributed by atoms with Gasteiger partial charge in [-0.3, -0.25) is 4.79 Å². The van der Waals surface area contributed by atoms with E-state index in [0.717, 1.165) is 16.9 Å². The molecule has 0 unspecified atom stereocenters. The summed E-state index contributed by atoms with van der Waals surface area (Å²) in [5.41, 5.74) is 3.90. The van der Waals surface area contributed by atoms with Crippen LogP contribution in [0.2, 0.25) is 5.02 Å². The average Bonchev–Trinajstić information content (AvgIpc) is 2.61. The molecule has 3 rings (SSSR count). The van der Waals surface area contributed by atoms with Crippen molar-refractivity contribution in [1.29, 1.82) is 0 Å². The molecular weight excluding hydrogens is 334 g/mol. The van der Waals surface area contributed by atoms with E-state index in [9.17, 15) is 4.79 Å². The average molecular weight is 352 g/mol. The minimum Gasteiger partial charge on any atom is -0.354 e. The Kier molecular flexibility index (Phi) is 5.31. The SMILES string of the molecule is Cc1ccc(CC(=O)Nc2ccc(Nc3ccc(Cl)cc3)cn2)cc1. The van der Waals surface area contributed by atoms with Crippen LogP contribution < -0.4 is 10.6 Å². The third-order valence-electron chi connectivity index (χ3n) is 3.65. The van der Waals surface area contributed by atoms with Crippen molar-refractivity contribution in [3.8, 4) is 0 Å². The van der Waals surface area contributed by atoms with Crippen LogP contribution in [0, 0.1) is 6.92 Å². The molecule has 3 aromatic rings. The lowest BCUT2D eigenvalue weighted by molar-refractivity contribution is -0.115. The van der Waals surface area contributed by atoms with Crippen molar-refractivity contribution >= 4 is 34.7 Å². The monoisotopic (exact) mass is 351 g/mol. The van der Waals surface area contributed by atoms with Crippen LogP contribution in [0.4, 0.5) is 17.2 Å². The standard InChI is InChI=1S/C20H18ClN3O/c1-14-2-4-15(5-3-14)12-20(25)24-19-11-10-18(13-22-19)23-17-8-6-16(21)7-9-17/h2-11,13,23H,12H2,1H3,(H,22,24,25). The molecule has 25 heavy (non-hydrogen) atoms. The molecule has 1 heterocycles. The van der Waals surface area contributed by atoms with E-state index in [1.807, 2.05) is 61.5 Å². The lowest BCUT2D eigenvalue weighted by Crippen LogP contribution is -2.15. The number of benzene rings is 2. The van der Waals surface area contributed by atoms with Crippen LogP contribution in [-0.4, -0.2) is 10.9 Å². The quantitative estimate of drug-likeness (QED) is 0.682. The second-order valence-corrected chi connectivity index (χ2v) is 6.21. The molecular formula is C20H18ClN3O. The Bertz CT molecular complexity index is 844. The van der Waals surface area contributed by atoms with E-state index in [4.69, 9.17) is 11.6 Å². The van der Waals surface area contributed by atoms with Crippen LogP contribution in [0.15, 0.2) is 66.9 Å². The first-order valence-electron chi connectivity index (χ1n) is 7.92. The van der Waals surface area contributed by atoms with E-state index >= 15 is 0 Å². The zero-order chi connectivity index (χ0) is 17.6. The molecule has 4 nitrogen and oxygen atoms in total. The van der Waals surface area contributed by atoms with Gasteiger partial charge in [0.15, 0.2) is 0 Å². The van der Waals surface area contributed by atoms with Gasteiger partial charge in [-0.15, -0.1) is 0 Å². The Hall–Kier alpha value is -2.85. The minimum atomic E-state index is -0.0882. The number of anilines is 3. The molecule has 0 fully saturated rings. The minimum absolute atomic E-state index is 0.0882. The largest absolute Gasteiger partial charge is 0.354 e. The number of nitrogens with zero attached hydrogens (tertiary/aromatic N) is 1. The number of nitrogens with one attached hydrogen (secondary N) is 2. The molecule has 2 N–H and O–H groups in total. The van der Waals surface area contributed by atoms with Gasteiger partial charge in [-0.25, -0.2) is 4.98 Å². The lowest BCUT2D eigenvalue weighted by Gasteiger charge is -2.08. The van der Waals surface area contributed by atoms with Gasteiger partial charge in [0.05, 0.1) is 18.3 Å². The second kappa shape index (κ2) is 7.81. The van der Waals surface area contributed by atoms with Crippen molar-refractivity contribution in [3.63, 3.8) is 0 Å². The molecule has 0 aliphatic carbocycles. The molecule has 0 aliphatic rings. The molecule has 0 spiro atoms. The van der Waals surface area contributed by atoms with Crippen LogP contribution in [0.5, 0.6) is 0 Å². The normalized spacial score (nSPS) is 10.3. The highest BCUT2D eigenvalue weighted by Crippen LogP contribution is 2.19. The zero-order valence-corrected chi connectivity index (χ0v) is 14.5. The third kappa shape index (κ3) is 5.06. The fourth-order valence-corrected chi connectivity index (χ4v) is 2.45. The highest BCUT2D eigenvalue weighted by atomic mass is 35.5. The highest BCUT2D eigenvalue weighted by Gasteiger charge is 2.05. The predicted molar refractivity (Wildman–Crippen MR) is 102 cm³/mol. The summed E-state index contributed by atoms with van der Waals surface area (Å²) in [7, 11) is 0. The first-order chi connectivity index (χ1) is 12.1. The summed E-state index contributed by atoms with van der Waals surface area (Å²) in [6.07, 6.45) is 2.00. The third-order valence-corrected chi connectivity index (χ3v) is 3.90. The van der Waals surface area contributed by atoms with Gasteiger partial charge in [-0.05, 0) is 48.9 Å². The van der Waals surface area contributed by atoms with Crippen LogP contribution in [-0.2, 0) is 11.2 Å². The van der Waals surface area contributed by atoms with E-state index < -0.39 is 0 Å². The fourth-order valence-electron chi connectivity index (χ4n) is 2.32. The number of carbonyl (C=O) groups excluding carboxylic acids is 1. The Morgan fingerprint density at radius 3 is 2.28 bits per heavy atom. The first-order valence-corrected chi connectivity index (χ1v) is 8.30. The Morgan fingerprint density at radius 2 is 1.64 bits per heavy atom. The van der Waals surface area contributed by atoms with E-state index in [0.29, 0.717) is 17.3 Å². The molecule has 0 radical (unpaired) electrons. The van der Waals surface area contributed by atoms with Gasteiger partial charge in [0.2, 0.25) is 5.91 Å². The summed E-state index contributed by atoms with van der Waals surface area (Å²) >= 11 is 5.87. The topological polar surface area (TPSA) is 54.0 Å². The maximum Gasteiger partial charge on any atom is 0.229 e. The van der Waals surface area contributed by atoms with E-state index in [2.05, 4.69) is 15.6 Å². The van der Waals surface area contributed by atoms with Crippen LogP contribution in [0.1, 0.15) is 11.1 Å². The zero-order valence-electron chi connectivity index (χ0n) is 13.8. The van der Waals surface area contributed by atoms with Crippen LogP contribution >= 0.6 is 11.6 Å². The molecule has 0 saturated heterocycles. The summed E-state index contributed by atoms with van der Waals surface area (Å²) in [5.74, 6) is 0.438. The molecule has 126 valence electrons. The lowest BCUT2D eigenvalue weighted by atomic mass is 10.1. The molecule has 1 aromatic heterocycles. The summed E-state index contributed by atoms with van der Waals surface area (Å²) in [4.78, 5) is 16.4. The Morgan fingerprint density at radius 1 is 0.960 bits per heavy atom. The number of carbonyl (C=O) groups is 1. The van der Waals surface area contributed by atoms with Crippen LogP contribution in [0.25, 0.3) is 0 Å². The van der Waals surface area contributed by atoms with Gasteiger partial charge < -0.3 is 10.6 Å². The molecule has 0 aliphatic heterocycles. The number of pyridine rings is 1. The number of aryl methyl sites for hydroxylation is 1. The molecule has 2 aromatic carbocycles. The number of rotatable bonds is 5. The number of amides is 1. The number of aromatic nitrogens is 1. The first kappa shape index (κ1) is 17.0. The van der Waals surface area contributed by atoms with E-state index in [-0.39, 0.29) is 5.91 Å². The molecule has 5 heteroatoms. The van der Waals surface area contributed by atoms with Crippen molar-refractivity contribution in [2.45, 2.75) is 13.3 Å². The Labute approximate surface area is 151 Å². The summed E-state index contributed by atoms with van der Waals surface area (Å²) in [6, 6.07) is 19.0. The van der Waals surface area contributed by atoms with Crippen molar-refractivity contribution in [3.05, 3.63) is 83.0 Å². The van der Waals surface area contributed by atoms with Gasteiger partial charge in [0.1, 0.15) is 5.82 Å². The molecule has 1 amide bonds. The van der Waals surface area contributed by atoms with Gasteiger partial charge in [0, 0.05) is 10.7 Å². The maximum atomic E-state index is 12.1. The maximum absolute atomic E-state index is 12.1. The summed E-state index contributed by atoms with van der Waals surface area (Å²) in [6.45, 7) is 2.02. The second-order valence-electron chi connectivity index (χ2n) is 5.77. The van der Waals surface area contributed by atoms with E-state index in [1.165, 1.54) is 5.56 Å². The number of hydrogen-bond donors (Lipinski definition) is 2.